The standard InChI is InChI=1S/C15H19BN2O4/c1-9(19)17-12(8-10-4-6-11(20)7-5-10)13(21)18-15(2,3)14(16)22/h4-7,12,20H,8H2,1-3H3,(H,17,19)(H,18,21). The van der Waals surface area contributed by atoms with Crippen molar-refractivity contribution >= 4 is 25.3 Å². The van der Waals surface area contributed by atoms with E-state index in [1.807, 2.05) is 0 Å². The summed E-state index contributed by atoms with van der Waals surface area (Å²) in [5, 5.41) is 14.3. The van der Waals surface area contributed by atoms with E-state index in [2.05, 4.69) is 10.6 Å². The molecule has 0 saturated heterocycles. The Morgan fingerprint density at radius 1 is 1.23 bits per heavy atom. The second-order valence-electron chi connectivity index (χ2n) is 5.60. The van der Waals surface area contributed by atoms with E-state index in [0.29, 0.717) is 0 Å². The fourth-order valence-corrected chi connectivity index (χ4v) is 1.78. The molecule has 0 bridgehead atoms. The molecule has 0 aliphatic carbocycles. The molecule has 1 aromatic carbocycles. The molecule has 2 amide bonds. The van der Waals surface area contributed by atoms with Crippen LogP contribution in [0, 0.1) is 0 Å². The molecule has 2 radical (unpaired) electrons. The Morgan fingerprint density at radius 3 is 2.23 bits per heavy atom. The second-order valence-corrected chi connectivity index (χ2v) is 5.60. The Morgan fingerprint density at radius 2 is 1.77 bits per heavy atom. The number of benzene rings is 1. The first kappa shape index (κ1) is 17.7. The predicted molar refractivity (Wildman–Crippen MR) is 82.4 cm³/mol. The SMILES string of the molecule is [B]C(=O)C(C)(C)NC(=O)C(Cc1ccc(O)cc1)NC(C)=O. The average molecular weight is 302 g/mol. The van der Waals surface area contributed by atoms with Crippen LogP contribution in [0.15, 0.2) is 24.3 Å². The van der Waals surface area contributed by atoms with Gasteiger partial charge in [-0.3, -0.25) is 9.59 Å². The first-order valence-corrected chi connectivity index (χ1v) is 6.79. The van der Waals surface area contributed by atoms with Gasteiger partial charge in [-0.1, -0.05) is 12.1 Å². The van der Waals surface area contributed by atoms with Crippen LogP contribution < -0.4 is 10.6 Å². The van der Waals surface area contributed by atoms with E-state index in [4.69, 9.17) is 7.85 Å². The van der Waals surface area contributed by atoms with Gasteiger partial charge in [0.1, 0.15) is 11.8 Å². The molecule has 0 fully saturated rings. The highest BCUT2D eigenvalue weighted by Gasteiger charge is 2.29. The zero-order valence-corrected chi connectivity index (χ0v) is 12.8. The van der Waals surface area contributed by atoms with Crippen molar-refractivity contribution in [3.63, 3.8) is 0 Å². The van der Waals surface area contributed by atoms with Crippen molar-refractivity contribution in [3.8, 4) is 5.75 Å². The van der Waals surface area contributed by atoms with Crippen LogP contribution in [0.2, 0.25) is 0 Å². The van der Waals surface area contributed by atoms with Gasteiger partial charge >= 0.3 is 0 Å². The van der Waals surface area contributed by atoms with Gasteiger partial charge in [-0.05, 0) is 31.5 Å². The number of phenolic OH excluding ortho intramolecular Hbond substituents is 1. The number of hydrogen-bond donors (Lipinski definition) is 3. The van der Waals surface area contributed by atoms with E-state index in [1.165, 1.54) is 32.9 Å². The van der Waals surface area contributed by atoms with Crippen molar-refractivity contribution < 1.29 is 19.5 Å². The second kappa shape index (κ2) is 7.11. The summed E-state index contributed by atoms with van der Waals surface area (Å²) in [7, 11) is 5.22. The number of aromatic hydroxyl groups is 1. The van der Waals surface area contributed by atoms with Crippen LogP contribution in [0.3, 0.4) is 0 Å². The largest absolute Gasteiger partial charge is 0.508 e. The van der Waals surface area contributed by atoms with Crippen molar-refractivity contribution in [1.82, 2.24) is 10.6 Å². The van der Waals surface area contributed by atoms with Gasteiger partial charge in [-0.25, -0.2) is 0 Å². The number of hydrogen-bond acceptors (Lipinski definition) is 4. The third kappa shape index (κ3) is 5.23. The Hall–Kier alpha value is -2.31. The summed E-state index contributed by atoms with van der Waals surface area (Å²) >= 11 is 0. The van der Waals surface area contributed by atoms with Crippen LogP contribution >= 0.6 is 0 Å². The highest BCUT2D eigenvalue weighted by Crippen LogP contribution is 2.12. The molecule has 7 heteroatoms. The maximum Gasteiger partial charge on any atom is 0.243 e. The minimum absolute atomic E-state index is 0.110. The fourth-order valence-electron chi connectivity index (χ4n) is 1.78. The fraction of sp³-hybridized carbons (Fsp3) is 0.400. The normalized spacial score (nSPS) is 12.3. The average Bonchev–Trinajstić information content (AvgIpc) is 2.39. The Labute approximate surface area is 130 Å². The summed E-state index contributed by atoms with van der Waals surface area (Å²) in [6.45, 7) is 4.27. The van der Waals surface area contributed by atoms with Crippen molar-refractivity contribution in [2.75, 3.05) is 0 Å². The summed E-state index contributed by atoms with van der Waals surface area (Å²) in [6, 6.07) is 5.44. The van der Waals surface area contributed by atoms with Crippen LogP contribution in [0.25, 0.3) is 0 Å². The Bertz CT molecular complexity index is 569. The Balaban J connectivity index is 2.88. The van der Waals surface area contributed by atoms with E-state index < -0.39 is 23.2 Å². The quantitative estimate of drug-likeness (QED) is 0.646. The molecule has 22 heavy (non-hydrogen) atoms. The molecule has 0 aromatic heterocycles. The monoisotopic (exact) mass is 302 g/mol. The molecular weight excluding hydrogens is 283 g/mol. The maximum atomic E-state index is 12.3. The summed E-state index contributed by atoms with van der Waals surface area (Å²) in [5.41, 5.74) is -1.14. The van der Waals surface area contributed by atoms with E-state index in [9.17, 15) is 19.5 Å². The summed E-state index contributed by atoms with van der Waals surface area (Å²) in [5.74, 6) is -0.762. The molecule has 0 aliphatic rings. The summed E-state index contributed by atoms with van der Waals surface area (Å²) in [6.07, 6.45) is 0.223. The molecular formula is C15H19BN2O4. The van der Waals surface area contributed by atoms with Gasteiger partial charge in [0, 0.05) is 13.3 Å². The number of nitrogens with one attached hydrogen (secondary N) is 2. The van der Waals surface area contributed by atoms with E-state index in [1.54, 1.807) is 12.1 Å². The van der Waals surface area contributed by atoms with Gasteiger partial charge in [0.05, 0.1) is 11.2 Å². The minimum Gasteiger partial charge on any atom is -0.508 e. The first-order valence-electron chi connectivity index (χ1n) is 6.79. The van der Waals surface area contributed by atoms with Crippen molar-refractivity contribution in [1.29, 1.82) is 0 Å². The number of carbonyl (C=O) groups is 3. The van der Waals surface area contributed by atoms with Crippen LogP contribution in [0.1, 0.15) is 26.3 Å². The lowest BCUT2D eigenvalue weighted by molar-refractivity contribution is -0.131. The first-order chi connectivity index (χ1) is 10.1. The van der Waals surface area contributed by atoms with Crippen LogP contribution in [-0.2, 0) is 20.8 Å². The molecule has 3 N–H and O–H groups in total. The lowest BCUT2D eigenvalue weighted by atomic mass is 9.84. The summed E-state index contributed by atoms with van der Waals surface area (Å²) < 4.78 is 0. The maximum absolute atomic E-state index is 12.3. The zero-order valence-electron chi connectivity index (χ0n) is 12.8. The molecule has 0 heterocycles. The van der Waals surface area contributed by atoms with Gasteiger partial charge in [0.2, 0.25) is 11.8 Å². The smallest absolute Gasteiger partial charge is 0.243 e. The topological polar surface area (TPSA) is 95.5 Å². The van der Waals surface area contributed by atoms with E-state index in [0.717, 1.165) is 5.56 Å². The third-order valence-electron chi connectivity index (χ3n) is 3.12. The van der Waals surface area contributed by atoms with Crippen molar-refractivity contribution in [3.05, 3.63) is 29.8 Å². The molecule has 116 valence electrons. The van der Waals surface area contributed by atoms with Gasteiger partial charge in [-0.15, -0.1) is 0 Å². The third-order valence-corrected chi connectivity index (χ3v) is 3.12. The molecule has 1 atom stereocenters. The van der Waals surface area contributed by atoms with Crippen LogP contribution in [0.4, 0.5) is 0 Å². The van der Waals surface area contributed by atoms with Gasteiger partial charge < -0.3 is 20.5 Å². The van der Waals surface area contributed by atoms with Gasteiger partial charge in [0.15, 0.2) is 7.85 Å². The molecule has 1 rings (SSSR count). The van der Waals surface area contributed by atoms with Gasteiger partial charge in [0.25, 0.3) is 0 Å². The molecule has 0 spiro atoms. The number of carbonyl (C=O) groups excluding carboxylic acids is 3. The zero-order chi connectivity index (χ0) is 16.9. The van der Waals surface area contributed by atoms with Crippen LogP contribution in [0.5, 0.6) is 5.75 Å². The number of phenols is 1. The molecule has 1 aromatic rings. The van der Waals surface area contributed by atoms with E-state index in [-0.39, 0.29) is 18.1 Å². The molecule has 6 nitrogen and oxygen atoms in total. The minimum atomic E-state index is -1.22. The lowest BCUT2D eigenvalue weighted by Crippen LogP contribution is -2.56. The lowest BCUT2D eigenvalue weighted by Gasteiger charge is -2.27. The molecule has 0 aliphatic heterocycles. The highest BCUT2D eigenvalue weighted by atomic mass is 16.3. The predicted octanol–water partition coefficient (Wildman–Crippen LogP) is 0.0293. The van der Waals surface area contributed by atoms with E-state index >= 15 is 0 Å². The van der Waals surface area contributed by atoms with Gasteiger partial charge in [-0.2, -0.15) is 0 Å². The van der Waals surface area contributed by atoms with Crippen LogP contribution in [-0.4, -0.2) is 42.0 Å². The van der Waals surface area contributed by atoms with Crippen molar-refractivity contribution in [2.45, 2.75) is 38.8 Å². The summed E-state index contributed by atoms with van der Waals surface area (Å²) in [4.78, 5) is 34.9. The molecule has 1 unspecified atom stereocenters. The Kier molecular flexibility index (Phi) is 5.73. The number of amides is 2. The number of rotatable bonds is 6. The molecule has 0 saturated carbocycles. The van der Waals surface area contributed by atoms with Crippen molar-refractivity contribution in [2.24, 2.45) is 0 Å². The highest BCUT2D eigenvalue weighted by molar-refractivity contribution is 6.60.